The van der Waals surface area contributed by atoms with E-state index in [1.807, 2.05) is 48.2 Å². The van der Waals surface area contributed by atoms with Gasteiger partial charge in [0.2, 0.25) is 0 Å². The predicted molar refractivity (Wildman–Crippen MR) is 83.1 cm³/mol. The molecule has 1 fully saturated rings. The van der Waals surface area contributed by atoms with Gasteiger partial charge in [-0.15, -0.1) is 0 Å². The maximum absolute atomic E-state index is 12.6. The van der Waals surface area contributed by atoms with Crippen LogP contribution in [0.3, 0.4) is 0 Å². The van der Waals surface area contributed by atoms with E-state index >= 15 is 0 Å². The second kappa shape index (κ2) is 6.75. The quantitative estimate of drug-likeness (QED) is 0.895. The van der Waals surface area contributed by atoms with E-state index in [0.717, 1.165) is 43.5 Å². The third-order valence-electron chi connectivity index (χ3n) is 4.01. The van der Waals surface area contributed by atoms with E-state index in [1.54, 1.807) is 0 Å². The highest BCUT2D eigenvalue weighted by Gasteiger charge is 2.28. The first-order valence-electron chi connectivity index (χ1n) is 7.42. The molecule has 1 aromatic rings. The Labute approximate surface area is 121 Å². The molecule has 1 atom stereocenters. The van der Waals surface area contributed by atoms with Crippen LogP contribution in [0.1, 0.15) is 36.0 Å². The fraction of sp³-hybridized carbons (Fsp3) is 0.562. The number of anilines is 1. The van der Waals surface area contributed by atoms with Crippen LogP contribution in [0.5, 0.6) is 0 Å². The number of amides is 1. The van der Waals surface area contributed by atoms with Crippen molar-refractivity contribution in [2.45, 2.75) is 31.7 Å². The second-order valence-corrected chi connectivity index (χ2v) is 5.67. The fourth-order valence-electron chi connectivity index (χ4n) is 2.82. The van der Waals surface area contributed by atoms with Crippen molar-refractivity contribution in [2.75, 3.05) is 32.1 Å². The molecule has 0 saturated carbocycles. The molecule has 1 aromatic carbocycles. The van der Waals surface area contributed by atoms with Gasteiger partial charge in [0, 0.05) is 37.9 Å². The number of hydrogen-bond acceptors (Lipinski definition) is 3. The molecule has 1 unspecified atom stereocenters. The summed E-state index contributed by atoms with van der Waals surface area (Å²) in [7, 11) is 4.00. The van der Waals surface area contributed by atoms with Crippen molar-refractivity contribution >= 4 is 11.6 Å². The minimum absolute atomic E-state index is 0.162. The Hall–Kier alpha value is -1.55. The zero-order valence-corrected chi connectivity index (χ0v) is 12.5. The fourth-order valence-corrected chi connectivity index (χ4v) is 2.82. The molecule has 1 saturated heterocycles. The van der Waals surface area contributed by atoms with Crippen LogP contribution in [-0.4, -0.2) is 44.0 Å². The third-order valence-corrected chi connectivity index (χ3v) is 4.01. The van der Waals surface area contributed by atoms with Gasteiger partial charge in [0.05, 0.1) is 0 Å². The Kier molecular flexibility index (Phi) is 5.01. The van der Waals surface area contributed by atoms with Crippen LogP contribution in [0.4, 0.5) is 5.69 Å². The van der Waals surface area contributed by atoms with Gasteiger partial charge in [0.25, 0.3) is 5.91 Å². The molecule has 1 heterocycles. The minimum atomic E-state index is 0.162. The van der Waals surface area contributed by atoms with E-state index < -0.39 is 0 Å². The normalized spacial score (nSPS) is 18.4. The molecule has 0 bridgehead atoms. The molecule has 1 aliphatic heterocycles. The Balaban J connectivity index is 2.06. The standard InChI is InChI=1S/C16H25N3O/c1-18(2)14-9-7-13(8-10-14)16(20)19-12-4-6-15(19)5-3-11-17/h7-10,15H,3-6,11-12,17H2,1-2H3. The summed E-state index contributed by atoms with van der Waals surface area (Å²) in [6, 6.07) is 8.22. The van der Waals surface area contributed by atoms with Crippen LogP contribution in [0.15, 0.2) is 24.3 Å². The lowest BCUT2D eigenvalue weighted by molar-refractivity contribution is 0.0729. The molecule has 1 amide bonds. The van der Waals surface area contributed by atoms with Crippen LogP contribution in [-0.2, 0) is 0 Å². The summed E-state index contributed by atoms with van der Waals surface area (Å²) in [5.41, 5.74) is 7.48. The molecule has 0 aromatic heterocycles. The third kappa shape index (κ3) is 3.31. The van der Waals surface area contributed by atoms with Gasteiger partial charge < -0.3 is 15.5 Å². The summed E-state index contributed by atoms with van der Waals surface area (Å²) in [5, 5.41) is 0. The van der Waals surface area contributed by atoms with E-state index in [9.17, 15) is 4.79 Å². The Bertz CT molecular complexity index is 442. The van der Waals surface area contributed by atoms with E-state index in [0.29, 0.717) is 12.6 Å². The van der Waals surface area contributed by atoms with Gasteiger partial charge in [-0.3, -0.25) is 4.79 Å². The van der Waals surface area contributed by atoms with Gasteiger partial charge in [-0.1, -0.05) is 0 Å². The largest absolute Gasteiger partial charge is 0.378 e. The molecule has 0 spiro atoms. The number of rotatable bonds is 5. The van der Waals surface area contributed by atoms with Crippen molar-refractivity contribution in [1.29, 1.82) is 0 Å². The Morgan fingerprint density at radius 1 is 1.35 bits per heavy atom. The molecule has 20 heavy (non-hydrogen) atoms. The van der Waals surface area contributed by atoms with Crippen molar-refractivity contribution in [3.63, 3.8) is 0 Å². The van der Waals surface area contributed by atoms with Crippen LogP contribution in [0.2, 0.25) is 0 Å². The lowest BCUT2D eigenvalue weighted by Crippen LogP contribution is -2.35. The topological polar surface area (TPSA) is 49.6 Å². The number of carbonyl (C=O) groups excluding carboxylic acids is 1. The average molecular weight is 275 g/mol. The SMILES string of the molecule is CN(C)c1ccc(C(=O)N2CCCC2CCCN)cc1. The monoisotopic (exact) mass is 275 g/mol. The summed E-state index contributed by atoms with van der Waals surface area (Å²) in [5.74, 6) is 0.162. The highest BCUT2D eigenvalue weighted by atomic mass is 16.2. The van der Waals surface area contributed by atoms with E-state index in [2.05, 4.69) is 0 Å². The predicted octanol–water partition coefficient (Wildman–Crippen LogP) is 2.10. The van der Waals surface area contributed by atoms with Crippen molar-refractivity contribution in [3.05, 3.63) is 29.8 Å². The van der Waals surface area contributed by atoms with Crippen LogP contribution in [0, 0.1) is 0 Å². The van der Waals surface area contributed by atoms with Gasteiger partial charge >= 0.3 is 0 Å². The number of nitrogens with zero attached hydrogens (tertiary/aromatic N) is 2. The number of carbonyl (C=O) groups is 1. The van der Waals surface area contributed by atoms with Gasteiger partial charge in [0.1, 0.15) is 0 Å². The maximum Gasteiger partial charge on any atom is 0.254 e. The molecule has 0 aliphatic carbocycles. The molecule has 4 nitrogen and oxygen atoms in total. The average Bonchev–Trinajstić information content (AvgIpc) is 2.92. The first kappa shape index (κ1) is 14.9. The minimum Gasteiger partial charge on any atom is -0.378 e. The van der Waals surface area contributed by atoms with E-state index in [4.69, 9.17) is 5.73 Å². The number of likely N-dealkylation sites (tertiary alicyclic amines) is 1. The summed E-state index contributed by atoms with van der Waals surface area (Å²) < 4.78 is 0. The Morgan fingerprint density at radius 3 is 2.65 bits per heavy atom. The van der Waals surface area contributed by atoms with Crippen LogP contribution < -0.4 is 10.6 Å². The summed E-state index contributed by atoms with van der Waals surface area (Å²) in [6.07, 6.45) is 4.24. The highest BCUT2D eigenvalue weighted by Crippen LogP contribution is 2.24. The van der Waals surface area contributed by atoms with Crippen LogP contribution in [0.25, 0.3) is 0 Å². The molecule has 1 aliphatic rings. The van der Waals surface area contributed by atoms with Gasteiger partial charge in [0.15, 0.2) is 0 Å². The Morgan fingerprint density at radius 2 is 2.05 bits per heavy atom. The number of benzene rings is 1. The lowest BCUT2D eigenvalue weighted by atomic mass is 10.1. The van der Waals surface area contributed by atoms with Crippen molar-refractivity contribution in [3.8, 4) is 0 Å². The zero-order valence-electron chi connectivity index (χ0n) is 12.5. The van der Waals surface area contributed by atoms with Crippen molar-refractivity contribution < 1.29 is 4.79 Å². The molecule has 2 N–H and O–H groups in total. The first-order chi connectivity index (χ1) is 9.63. The van der Waals surface area contributed by atoms with E-state index in [1.165, 1.54) is 0 Å². The molecular formula is C16H25N3O. The van der Waals surface area contributed by atoms with E-state index in [-0.39, 0.29) is 5.91 Å². The van der Waals surface area contributed by atoms with Crippen LogP contribution >= 0.6 is 0 Å². The molecular weight excluding hydrogens is 250 g/mol. The number of nitrogens with two attached hydrogens (primary N) is 1. The molecule has 2 rings (SSSR count). The summed E-state index contributed by atoms with van der Waals surface area (Å²) >= 11 is 0. The maximum atomic E-state index is 12.6. The first-order valence-corrected chi connectivity index (χ1v) is 7.42. The molecule has 110 valence electrons. The highest BCUT2D eigenvalue weighted by molar-refractivity contribution is 5.95. The van der Waals surface area contributed by atoms with Crippen molar-refractivity contribution in [2.24, 2.45) is 5.73 Å². The lowest BCUT2D eigenvalue weighted by Gasteiger charge is -2.25. The van der Waals surface area contributed by atoms with Gasteiger partial charge in [-0.2, -0.15) is 0 Å². The zero-order chi connectivity index (χ0) is 14.5. The summed E-state index contributed by atoms with van der Waals surface area (Å²) in [4.78, 5) is 16.6. The second-order valence-electron chi connectivity index (χ2n) is 5.67. The molecule has 4 heteroatoms. The number of hydrogen-bond donors (Lipinski definition) is 1. The van der Waals surface area contributed by atoms with Gasteiger partial charge in [-0.25, -0.2) is 0 Å². The van der Waals surface area contributed by atoms with Crippen molar-refractivity contribution in [1.82, 2.24) is 4.90 Å². The summed E-state index contributed by atoms with van der Waals surface area (Å²) in [6.45, 7) is 1.58. The molecule has 0 radical (unpaired) electrons. The van der Waals surface area contributed by atoms with Gasteiger partial charge in [-0.05, 0) is 56.5 Å². The smallest absolute Gasteiger partial charge is 0.254 e.